The minimum Gasteiger partial charge on any atom is -0.0561 e. The van der Waals surface area contributed by atoms with Gasteiger partial charge in [-0.15, -0.1) is 0 Å². The smallest absolute Gasteiger partial charge is 0.0561 e. The van der Waals surface area contributed by atoms with Crippen LogP contribution in [0.1, 0.15) is 137 Å². The second-order valence-electron chi connectivity index (χ2n) is 17.9. The first-order valence-corrected chi connectivity index (χ1v) is 17.8. The summed E-state index contributed by atoms with van der Waals surface area (Å²) in [5, 5.41) is 4.47. The van der Waals surface area contributed by atoms with E-state index in [0.29, 0.717) is 0 Å². The summed E-state index contributed by atoms with van der Waals surface area (Å²) >= 11 is 0. The molecule has 3 aromatic carbocycles. The van der Waals surface area contributed by atoms with Gasteiger partial charge in [0.05, 0.1) is 6.66 Å². The summed E-state index contributed by atoms with van der Waals surface area (Å²) in [6.45, 7) is 40.2. The fourth-order valence-electron chi connectivity index (χ4n) is 5.37. The van der Waals surface area contributed by atoms with E-state index in [-0.39, 0.29) is 27.1 Å². The highest BCUT2D eigenvalue weighted by atomic mass is 31.2. The fourth-order valence-corrected chi connectivity index (χ4v) is 8.71. The predicted octanol–water partition coefficient (Wildman–Crippen LogP) is 10.4. The summed E-state index contributed by atoms with van der Waals surface area (Å²) in [6, 6.07) is 22.6. The lowest BCUT2D eigenvalue weighted by atomic mass is 9.81. The summed E-state index contributed by atoms with van der Waals surface area (Å²) < 4.78 is 0. The highest BCUT2D eigenvalue weighted by Crippen LogP contribution is 2.54. The molecule has 3 aromatic rings. The van der Waals surface area contributed by atoms with Crippen molar-refractivity contribution in [2.75, 3.05) is 6.66 Å². The third kappa shape index (κ3) is 7.36. The minimum absolute atomic E-state index is 0.0633. The van der Waals surface area contributed by atoms with Gasteiger partial charge in [0.1, 0.15) is 23.2 Å². The molecule has 3 rings (SSSR count). The number of hydrogen-bond donors (Lipinski definition) is 0. The molecule has 1 heteroatoms. The molecule has 0 fully saturated rings. The lowest BCUT2D eigenvalue weighted by Gasteiger charge is -2.32. The Bertz CT molecular complexity index is 1260. The van der Waals surface area contributed by atoms with Crippen molar-refractivity contribution < 1.29 is 0 Å². The van der Waals surface area contributed by atoms with Crippen molar-refractivity contribution in [1.29, 1.82) is 0 Å². The predicted molar refractivity (Wildman–Crippen MR) is 189 cm³/mol. The first-order chi connectivity index (χ1) is 18.2. The fraction of sp³-hybridized carbons (Fsp3) is 0.550. The molecule has 0 N–H and O–H groups in total. The normalized spacial score (nSPS) is 14.0. The minimum atomic E-state index is -2.04. The zero-order chi connectivity index (χ0) is 31.6. The largest absolute Gasteiger partial charge is 0.109 e. The Morgan fingerprint density at radius 1 is 0.341 bits per heavy atom. The first kappa shape index (κ1) is 33.6. The van der Waals surface area contributed by atoms with Crippen LogP contribution in [-0.2, 0) is 27.1 Å². The van der Waals surface area contributed by atoms with Gasteiger partial charge in [-0.2, -0.15) is 0 Å². The molecule has 0 bridgehead atoms. The van der Waals surface area contributed by atoms with E-state index in [1.165, 1.54) is 49.3 Å². The van der Waals surface area contributed by atoms with Gasteiger partial charge in [-0.3, -0.25) is 0 Å². The molecule has 0 heterocycles. The van der Waals surface area contributed by atoms with Gasteiger partial charge >= 0.3 is 0 Å². The van der Waals surface area contributed by atoms with Crippen LogP contribution in [0.25, 0.3) is 0 Å². The number of benzene rings is 3. The van der Waals surface area contributed by atoms with Crippen molar-refractivity contribution in [1.82, 2.24) is 0 Å². The Balaban J connectivity index is 2.61. The zero-order valence-corrected chi connectivity index (χ0v) is 30.5. The lowest BCUT2D eigenvalue weighted by Crippen LogP contribution is -2.35. The molecular weight excluding hydrogens is 511 g/mol. The van der Waals surface area contributed by atoms with Crippen molar-refractivity contribution in [3.8, 4) is 0 Å². The highest BCUT2D eigenvalue weighted by Gasteiger charge is 2.44. The van der Waals surface area contributed by atoms with Crippen LogP contribution in [0.5, 0.6) is 0 Å². The zero-order valence-electron chi connectivity index (χ0n) is 29.6. The first-order valence-electron chi connectivity index (χ1n) is 15.6. The van der Waals surface area contributed by atoms with Crippen LogP contribution in [0, 0.1) is 6.92 Å². The van der Waals surface area contributed by atoms with E-state index >= 15 is 0 Å². The Hall–Kier alpha value is -1.91. The Morgan fingerprint density at radius 2 is 0.561 bits per heavy atom. The van der Waals surface area contributed by atoms with Crippen LogP contribution in [-0.4, -0.2) is 6.66 Å². The average Bonchev–Trinajstić information content (AvgIpc) is 2.79. The van der Waals surface area contributed by atoms with E-state index in [0.717, 1.165) is 0 Å². The van der Waals surface area contributed by atoms with Crippen LogP contribution < -0.4 is 15.9 Å². The van der Waals surface area contributed by atoms with E-state index in [2.05, 4.69) is 172 Å². The Kier molecular flexibility index (Phi) is 8.74. The molecule has 0 amide bonds. The van der Waals surface area contributed by atoms with Gasteiger partial charge < -0.3 is 0 Å². The van der Waals surface area contributed by atoms with E-state index in [9.17, 15) is 0 Å². The quantitative estimate of drug-likeness (QED) is 0.274. The van der Waals surface area contributed by atoms with Crippen LogP contribution >= 0.6 is 7.26 Å². The van der Waals surface area contributed by atoms with Crippen molar-refractivity contribution >= 4 is 23.2 Å². The molecule has 0 saturated heterocycles. The third-order valence-corrected chi connectivity index (χ3v) is 12.6. The molecular formula is C40H60P+. The van der Waals surface area contributed by atoms with Crippen molar-refractivity contribution in [2.24, 2.45) is 0 Å². The van der Waals surface area contributed by atoms with Crippen LogP contribution in [0.4, 0.5) is 0 Å². The Morgan fingerprint density at radius 3 is 0.805 bits per heavy atom. The molecule has 0 aliphatic rings. The number of hydrogen-bond acceptors (Lipinski definition) is 0. The monoisotopic (exact) mass is 571 g/mol. The van der Waals surface area contributed by atoms with Gasteiger partial charge in [-0.1, -0.05) is 122 Å². The molecule has 0 aromatic heterocycles. The van der Waals surface area contributed by atoms with E-state index in [4.69, 9.17) is 0 Å². The molecule has 224 valence electrons. The average molecular weight is 572 g/mol. The Labute approximate surface area is 255 Å². The standard InChI is InChI=1S/C40H60P/c1-27-18-28(36(2,3)4)22-33(19-27)41(17,34-23-29(37(5,6)7)20-30(24-34)38(8,9)10)35-25-31(39(11,12)13)21-32(26-35)40(14,15)16/h18-26H,1-17H3/q+1. The second-order valence-corrected chi connectivity index (χ2v) is 21.4. The molecule has 0 radical (unpaired) electrons. The van der Waals surface area contributed by atoms with Crippen LogP contribution in [0.2, 0.25) is 0 Å². The summed E-state index contributed by atoms with van der Waals surface area (Å²) in [5.74, 6) is 0. The van der Waals surface area contributed by atoms with Gasteiger partial charge in [-0.25, -0.2) is 0 Å². The molecule has 41 heavy (non-hydrogen) atoms. The van der Waals surface area contributed by atoms with Gasteiger partial charge in [0, 0.05) is 0 Å². The van der Waals surface area contributed by atoms with Crippen molar-refractivity contribution in [3.63, 3.8) is 0 Å². The lowest BCUT2D eigenvalue weighted by molar-refractivity contribution is 0.569. The van der Waals surface area contributed by atoms with E-state index in [1.54, 1.807) is 0 Å². The van der Waals surface area contributed by atoms with Gasteiger partial charge in [0.15, 0.2) is 0 Å². The maximum atomic E-state index is 2.59. The second kappa shape index (κ2) is 10.7. The summed E-state index contributed by atoms with van der Waals surface area (Å²) in [6.07, 6.45) is 0. The number of rotatable bonds is 3. The molecule has 0 saturated carbocycles. The van der Waals surface area contributed by atoms with Gasteiger partial charge in [0.25, 0.3) is 0 Å². The van der Waals surface area contributed by atoms with E-state index in [1.807, 2.05) is 0 Å². The van der Waals surface area contributed by atoms with Crippen LogP contribution in [0.3, 0.4) is 0 Å². The van der Waals surface area contributed by atoms with Crippen molar-refractivity contribution in [2.45, 2.75) is 138 Å². The third-order valence-electron chi connectivity index (χ3n) is 8.78. The number of aryl methyl sites for hydroxylation is 1. The SMILES string of the molecule is Cc1cc(C(C)(C)C)cc([P+](C)(c2cc(C(C)(C)C)cc(C(C)(C)C)c2)c2cc(C(C)(C)C)cc(C(C)(C)C)c2)c1. The molecule has 0 aliphatic carbocycles. The summed E-state index contributed by atoms with van der Waals surface area (Å²) in [5.41, 5.74) is 8.82. The molecule has 0 spiro atoms. The molecule has 0 atom stereocenters. The molecule has 0 nitrogen and oxygen atoms in total. The highest BCUT2D eigenvalue weighted by molar-refractivity contribution is 7.95. The maximum Gasteiger partial charge on any atom is 0.109 e. The van der Waals surface area contributed by atoms with Gasteiger partial charge in [0.2, 0.25) is 0 Å². The van der Waals surface area contributed by atoms with E-state index < -0.39 is 7.26 Å². The summed E-state index contributed by atoms with van der Waals surface area (Å²) in [4.78, 5) is 0. The summed E-state index contributed by atoms with van der Waals surface area (Å²) in [7, 11) is -2.04. The van der Waals surface area contributed by atoms with Crippen molar-refractivity contribution in [3.05, 3.63) is 88.0 Å². The topological polar surface area (TPSA) is 0 Å². The maximum absolute atomic E-state index is 2.59. The van der Waals surface area contributed by atoms with Crippen LogP contribution in [0.15, 0.2) is 54.6 Å². The van der Waals surface area contributed by atoms with Gasteiger partial charge in [-0.05, 0) is 104 Å². The molecule has 0 aliphatic heterocycles. The molecule has 0 unspecified atom stereocenters.